The van der Waals surface area contributed by atoms with Gasteiger partial charge in [-0.2, -0.15) is 0 Å². The van der Waals surface area contributed by atoms with Crippen molar-refractivity contribution < 1.29 is 14.3 Å². The highest BCUT2D eigenvalue weighted by molar-refractivity contribution is 7.12. The predicted octanol–water partition coefficient (Wildman–Crippen LogP) is 3.19. The number of carbonyl (C=O) groups excluding carboxylic acids is 2. The van der Waals surface area contributed by atoms with Gasteiger partial charge in [-0.05, 0) is 29.5 Å². The number of hydrogen-bond donors (Lipinski definition) is 1. The summed E-state index contributed by atoms with van der Waals surface area (Å²) in [6, 6.07) is 9.94. The van der Waals surface area contributed by atoms with E-state index in [1.54, 1.807) is 16.3 Å². The van der Waals surface area contributed by atoms with Gasteiger partial charge in [-0.25, -0.2) is 9.59 Å². The molecule has 1 saturated heterocycles. The van der Waals surface area contributed by atoms with Crippen LogP contribution in [0, 0.1) is 6.92 Å². The van der Waals surface area contributed by atoms with E-state index in [2.05, 4.69) is 35.3 Å². The number of rotatable bonds is 4. The summed E-state index contributed by atoms with van der Waals surface area (Å²) in [7, 11) is 1.33. The van der Waals surface area contributed by atoms with Gasteiger partial charge in [0.2, 0.25) is 0 Å². The lowest BCUT2D eigenvalue weighted by Gasteiger charge is -2.34. The molecule has 0 saturated carbocycles. The normalized spacial score (nSPS) is 14.9. The van der Waals surface area contributed by atoms with E-state index in [0.29, 0.717) is 23.7 Å². The second-order valence-electron chi connectivity index (χ2n) is 6.27. The summed E-state index contributed by atoms with van der Waals surface area (Å²) >= 11 is 1.26. The van der Waals surface area contributed by atoms with E-state index in [9.17, 15) is 9.59 Å². The van der Waals surface area contributed by atoms with Crippen LogP contribution in [0.3, 0.4) is 0 Å². The molecule has 1 fully saturated rings. The summed E-state index contributed by atoms with van der Waals surface area (Å²) in [5, 5.41) is 4.59. The molecule has 0 atom stereocenters. The monoisotopic (exact) mass is 373 g/mol. The summed E-state index contributed by atoms with van der Waals surface area (Å²) in [5.41, 5.74) is 3.13. The first kappa shape index (κ1) is 18.4. The number of methoxy groups -OCH3 is 1. The minimum atomic E-state index is -0.432. The van der Waals surface area contributed by atoms with Crippen LogP contribution in [0.1, 0.15) is 20.8 Å². The molecule has 3 rings (SSSR count). The van der Waals surface area contributed by atoms with Gasteiger partial charge in [0.25, 0.3) is 0 Å². The molecule has 2 amide bonds. The molecule has 7 heteroatoms. The Balaban J connectivity index is 1.53. The third-order valence-corrected chi connectivity index (χ3v) is 5.49. The molecule has 26 heavy (non-hydrogen) atoms. The zero-order valence-electron chi connectivity index (χ0n) is 15.0. The molecule has 1 aliphatic rings. The number of ether oxygens (including phenoxy) is 1. The van der Waals surface area contributed by atoms with E-state index in [1.807, 2.05) is 6.07 Å². The predicted molar refractivity (Wildman–Crippen MR) is 103 cm³/mol. The van der Waals surface area contributed by atoms with Crippen molar-refractivity contribution in [3.8, 4) is 0 Å². The van der Waals surface area contributed by atoms with Crippen LogP contribution in [-0.2, 0) is 11.3 Å². The molecule has 0 bridgehead atoms. The van der Waals surface area contributed by atoms with Gasteiger partial charge in [-0.1, -0.05) is 24.3 Å². The molecule has 1 aliphatic heterocycles. The van der Waals surface area contributed by atoms with Crippen molar-refractivity contribution in [1.82, 2.24) is 9.80 Å². The molecule has 0 spiro atoms. The standard InChI is InChI=1S/C19H23N3O3S/c1-14-5-3-4-6-15(14)13-21-8-10-22(11-9-21)19(24)20-16-7-12-26-17(16)18(23)25-2/h3-7,12H,8-11,13H2,1-2H3,(H,20,24). The Labute approximate surface area is 157 Å². The first-order valence-electron chi connectivity index (χ1n) is 8.57. The third-order valence-electron chi connectivity index (χ3n) is 4.59. The molecule has 2 aromatic rings. The molecule has 0 aliphatic carbocycles. The maximum Gasteiger partial charge on any atom is 0.350 e. The Morgan fingerprint density at radius 1 is 1.15 bits per heavy atom. The highest BCUT2D eigenvalue weighted by Crippen LogP contribution is 2.23. The number of anilines is 1. The minimum Gasteiger partial charge on any atom is -0.465 e. The molecular formula is C19H23N3O3S. The third kappa shape index (κ3) is 4.23. The number of benzene rings is 1. The highest BCUT2D eigenvalue weighted by atomic mass is 32.1. The van der Waals surface area contributed by atoms with E-state index < -0.39 is 5.97 Å². The van der Waals surface area contributed by atoms with Crippen molar-refractivity contribution in [3.05, 3.63) is 51.7 Å². The van der Waals surface area contributed by atoms with Gasteiger partial charge in [0, 0.05) is 32.7 Å². The van der Waals surface area contributed by atoms with E-state index in [-0.39, 0.29) is 6.03 Å². The van der Waals surface area contributed by atoms with E-state index >= 15 is 0 Å². The van der Waals surface area contributed by atoms with Crippen molar-refractivity contribution in [1.29, 1.82) is 0 Å². The van der Waals surface area contributed by atoms with Gasteiger partial charge in [-0.3, -0.25) is 4.90 Å². The first-order chi connectivity index (χ1) is 12.6. The average molecular weight is 373 g/mol. The fraction of sp³-hybridized carbons (Fsp3) is 0.368. The number of amides is 2. The molecule has 1 aromatic carbocycles. The van der Waals surface area contributed by atoms with Crippen LogP contribution >= 0.6 is 11.3 Å². The molecule has 0 radical (unpaired) electrons. The average Bonchev–Trinajstić information content (AvgIpc) is 3.11. The van der Waals surface area contributed by atoms with E-state index in [1.165, 1.54) is 29.6 Å². The first-order valence-corrected chi connectivity index (χ1v) is 9.45. The number of hydrogen-bond acceptors (Lipinski definition) is 5. The molecule has 138 valence electrons. The SMILES string of the molecule is COC(=O)c1sccc1NC(=O)N1CCN(Cc2ccccc2C)CC1. The number of piperazine rings is 1. The second-order valence-corrected chi connectivity index (χ2v) is 7.19. The zero-order valence-corrected chi connectivity index (χ0v) is 15.8. The van der Waals surface area contributed by atoms with Crippen LogP contribution in [0.15, 0.2) is 35.7 Å². The zero-order chi connectivity index (χ0) is 18.5. The number of nitrogens with one attached hydrogen (secondary N) is 1. The van der Waals surface area contributed by atoms with Crippen molar-refractivity contribution in [2.24, 2.45) is 0 Å². The number of aryl methyl sites for hydroxylation is 1. The Bertz CT molecular complexity index is 782. The Morgan fingerprint density at radius 2 is 1.88 bits per heavy atom. The summed E-state index contributed by atoms with van der Waals surface area (Å²) in [6.07, 6.45) is 0. The lowest BCUT2D eigenvalue weighted by Crippen LogP contribution is -2.49. The fourth-order valence-corrected chi connectivity index (χ4v) is 3.76. The maximum atomic E-state index is 12.5. The van der Waals surface area contributed by atoms with Gasteiger partial charge in [0.05, 0.1) is 12.8 Å². The van der Waals surface area contributed by atoms with Gasteiger partial charge in [-0.15, -0.1) is 11.3 Å². The number of esters is 1. The highest BCUT2D eigenvalue weighted by Gasteiger charge is 2.23. The fourth-order valence-electron chi connectivity index (χ4n) is 2.99. The van der Waals surface area contributed by atoms with Gasteiger partial charge < -0.3 is 15.0 Å². The summed E-state index contributed by atoms with van der Waals surface area (Å²) in [4.78, 5) is 28.8. The molecule has 1 aromatic heterocycles. The number of urea groups is 1. The van der Waals surface area contributed by atoms with Crippen LogP contribution in [-0.4, -0.2) is 55.1 Å². The van der Waals surface area contributed by atoms with Gasteiger partial charge in [0.15, 0.2) is 0 Å². The van der Waals surface area contributed by atoms with Crippen LogP contribution in [0.4, 0.5) is 10.5 Å². The lowest BCUT2D eigenvalue weighted by atomic mass is 10.1. The van der Waals surface area contributed by atoms with Crippen molar-refractivity contribution >= 4 is 29.0 Å². The van der Waals surface area contributed by atoms with Crippen molar-refractivity contribution in [2.75, 3.05) is 38.6 Å². The van der Waals surface area contributed by atoms with E-state index in [0.717, 1.165) is 19.6 Å². The number of nitrogens with zero attached hydrogens (tertiary/aromatic N) is 2. The molecule has 1 N–H and O–H groups in total. The van der Waals surface area contributed by atoms with Crippen molar-refractivity contribution in [2.45, 2.75) is 13.5 Å². The summed E-state index contributed by atoms with van der Waals surface area (Å²) in [6.45, 7) is 6.01. The van der Waals surface area contributed by atoms with E-state index in [4.69, 9.17) is 4.74 Å². The maximum absolute atomic E-state index is 12.5. The molecule has 0 unspecified atom stereocenters. The van der Waals surface area contributed by atoms with Crippen LogP contribution < -0.4 is 5.32 Å². The molecule has 2 heterocycles. The number of carbonyl (C=O) groups is 2. The topological polar surface area (TPSA) is 61.9 Å². The van der Waals surface area contributed by atoms with Crippen LogP contribution in [0.2, 0.25) is 0 Å². The van der Waals surface area contributed by atoms with Gasteiger partial charge >= 0.3 is 12.0 Å². The van der Waals surface area contributed by atoms with Crippen molar-refractivity contribution in [3.63, 3.8) is 0 Å². The minimum absolute atomic E-state index is 0.177. The quantitative estimate of drug-likeness (QED) is 0.836. The Morgan fingerprint density at radius 3 is 2.58 bits per heavy atom. The van der Waals surface area contributed by atoms with Crippen LogP contribution in [0.5, 0.6) is 0 Å². The number of thiophene rings is 1. The summed E-state index contributed by atoms with van der Waals surface area (Å²) < 4.78 is 4.74. The molecule has 6 nitrogen and oxygen atoms in total. The summed E-state index contributed by atoms with van der Waals surface area (Å²) in [5.74, 6) is -0.432. The Kier molecular flexibility index (Phi) is 5.90. The lowest BCUT2D eigenvalue weighted by molar-refractivity contribution is 0.0607. The van der Waals surface area contributed by atoms with Crippen LogP contribution in [0.25, 0.3) is 0 Å². The Hall–Kier alpha value is -2.38. The largest absolute Gasteiger partial charge is 0.465 e. The second kappa shape index (κ2) is 8.33. The molecular weight excluding hydrogens is 350 g/mol. The smallest absolute Gasteiger partial charge is 0.350 e. The van der Waals surface area contributed by atoms with Gasteiger partial charge in [0.1, 0.15) is 4.88 Å².